The van der Waals surface area contributed by atoms with Crippen LogP contribution in [0, 0.1) is 6.92 Å². The minimum Gasteiger partial charge on any atom is -0.377 e. The molecule has 0 aromatic heterocycles. The summed E-state index contributed by atoms with van der Waals surface area (Å²) >= 11 is 0. The first kappa shape index (κ1) is 11.5. The zero-order valence-corrected chi connectivity index (χ0v) is 11.0. The van der Waals surface area contributed by atoms with Gasteiger partial charge < -0.3 is 4.90 Å². The van der Waals surface area contributed by atoms with E-state index in [9.17, 15) is 0 Å². The van der Waals surface area contributed by atoms with E-state index in [2.05, 4.69) is 45.0 Å². The standard InChI is InChI=1S/C15H23N/c1-5-12-7-6-8-13-9-11(2)10-14(15(12)13)16(3)4/h9-10,12H,5-8H2,1-4H3. The van der Waals surface area contributed by atoms with Gasteiger partial charge in [0, 0.05) is 19.8 Å². The SMILES string of the molecule is CCC1CCCc2cc(C)cc(N(C)C)c21. The molecule has 0 bridgehead atoms. The second kappa shape index (κ2) is 4.48. The van der Waals surface area contributed by atoms with E-state index in [1.807, 2.05) is 0 Å². The van der Waals surface area contributed by atoms with Crippen LogP contribution < -0.4 is 4.90 Å². The van der Waals surface area contributed by atoms with Crippen molar-refractivity contribution in [2.75, 3.05) is 19.0 Å². The van der Waals surface area contributed by atoms with Crippen LogP contribution in [0.3, 0.4) is 0 Å². The van der Waals surface area contributed by atoms with Gasteiger partial charge >= 0.3 is 0 Å². The molecule has 0 radical (unpaired) electrons. The van der Waals surface area contributed by atoms with Gasteiger partial charge in [-0.25, -0.2) is 0 Å². The average Bonchev–Trinajstić information content (AvgIpc) is 2.26. The van der Waals surface area contributed by atoms with Gasteiger partial charge in [0.1, 0.15) is 0 Å². The molecule has 0 fully saturated rings. The van der Waals surface area contributed by atoms with Crippen molar-refractivity contribution in [2.45, 2.75) is 45.4 Å². The molecule has 1 aliphatic rings. The average molecular weight is 217 g/mol. The molecule has 1 atom stereocenters. The molecule has 1 aromatic rings. The quantitative estimate of drug-likeness (QED) is 0.726. The summed E-state index contributed by atoms with van der Waals surface area (Å²) in [5, 5.41) is 0. The number of aryl methyl sites for hydroxylation is 2. The summed E-state index contributed by atoms with van der Waals surface area (Å²) in [4.78, 5) is 2.28. The summed E-state index contributed by atoms with van der Waals surface area (Å²) in [6.45, 7) is 4.53. The van der Waals surface area contributed by atoms with Gasteiger partial charge in [-0.15, -0.1) is 0 Å². The normalized spacial score (nSPS) is 19.4. The maximum absolute atomic E-state index is 2.39. The van der Waals surface area contributed by atoms with Crippen LogP contribution in [-0.4, -0.2) is 14.1 Å². The molecule has 2 rings (SSSR count). The Labute approximate surface area is 99.5 Å². The molecule has 0 spiro atoms. The van der Waals surface area contributed by atoms with Crippen LogP contribution in [0.25, 0.3) is 0 Å². The first-order chi connectivity index (χ1) is 7.63. The van der Waals surface area contributed by atoms with Crippen LogP contribution in [0.4, 0.5) is 5.69 Å². The van der Waals surface area contributed by atoms with Crippen molar-refractivity contribution in [1.82, 2.24) is 0 Å². The van der Waals surface area contributed by atoms with E-state index in [1.165, 1.54) is 36.9 Å². The third-order valence-corrected chi connectivity index (χ3v) is 3.77. The molecule has 1 unspecified atom stereocenters. The van der Waals surface area contributed by atoms with Gasteiger partial charge in [-0.3, -0.25) is 0 Å². The molecule has 0 saturated heterocycles. The Morgan fingerprint density at radius 1 is 1.31 bits per heavy atom. The van der Waals surface area contributed by atoms with Crippen molar-refractivity contribution in [3.8, 4) is 0 Å². The predicted molar refractivity (Wildman–Crippen MR) is 71.5 cm³/mol. The molecule has 0 aliphatic heterocycles. The van der Waals surface area contributed by atoms with E-state index in [0.29, 0.717) is 0 Å². The van der Waals surface area contributed by atoms with Crippen molar-refractivity contribution >= 4 is 5.69 Å². The number of nitrogens with zero attached hydrogens (tertiary/aromatic N) is 1. The molecular weight excluding hydrogens is 194 g/mol. The fraction of sp³-hybridized carbons (Fsp3) is 0.600. The fourth-order valence-electron chi connectivity index (χ4n) is 2.99. The molecule has 0 N–H and O–H groups in total. The summed E-state index contributed by atoms with van der Waals surface area (Å²) in [7, 11) is 4.33. The van der Waals surface area contributed by atoms with Crippen molar-refractivity contribution in [1.29, 1.82) is 0 Å². The van der Waals surface area contributed by atoms with Crippen molar-refractivity contribution < 1.29 is 0 Å². The monoisotopic (exact) mass is 217 g/mol. The highest BCUT2D eigenvalue weighted by molar-refractivity contribution is 5.60. The smallest absolute Gasteiger partial charge is 0.0401 e. The Kier molecular flexibility index (Phi) is 3.22. The lowest BCUT2D eigenvalue weighted by molar-refractivity contribution is 0.539. The van der Waals surface area contributed by atoms with Crippen LogP contribution in [0.1, 0.15) is 48.8 Å². The summed E-state index contributed by atoms with van der Waals surface area (Å²) < 4.78 is 0. The van der Waals surface area contributed by atoms with Gasteiger partial charge in [-0.1, -0.05) is 13.0 Å². The number of fused-ring (bicyclic) bond motifs is 1. The maximum atomic E-state index is 2.39. The third-order valence-electron chi connectivity index (χ3n) is 3.77. The zero-order chi connectivity index (χ0) is 11.7. The van der Waals surface area contributed by atoms with Crippen LogP contribution in [0.15, 0.2) is 12.1 Å². The summed E-state index contributed by atoms with van der Waals surface area (Å²) in [5.74, 6) is 0.779. The number of hydrogen-bond acceptors (Lipinski definition) is 1. The van der Waals surface area contributed by atoms with Crippen molar-refractivity contribution in [3.05, 3.63) is 28.8 Å². The van der Waals surface area contributed by atoms with Crippen LogP contribution in [0.2, 0.25) is 0 Å². The van der Waals surface area contributed by atoms with E-state index in [1.54, 1.807) is 11.1 Å². The molecule has 16 heavy (non-hydrogen) atoms. The van der Waals surface area contributed by atoms with Crippen molar-refractivity contribution in [2.24, 2.45) is 0 Å². The lowest BCUT2D eigenvalue weighted by Crippen LogP contribution is -2.18. The fourth-order valence-corrected chi connectivity index (χ4v) is 2.99. The highest BCUT2D eigenvalue weighted by Crippen LogP contribution is 2.40. The maximum Gasteiger partial charge on any atom is 0.0401 e. The highest BCUT2D eigenvalue weighted by atomic mass is 15.1. The van der Waals surface area contributed by atoms with Crippen LogP contribution >= 0.6 is 0 Å². The molecule has 1 nitrogen and oxygen atoms in total. The molecule has 0 amide bonds. The third kappa shape index (κ3) is 1.95. The first-order valence-electron chi connectivity index (χ1n) is 6.44. The van der Waals surface area contributed by atoms with E-state index >= 15 is 0 Å². The lowest BCUT2D eigenvalue weighted by atomic mass is 9.79. The number of benzene rings is 1. The Bertz CT molecular complexity index is 379. The van der Waals surface area contributed by atoms with Crippen LogP contribution in [0.5, 0.6) is 0 Å². The van der Waals surface area contributed by atoms with Gasteiger partial charge in [0.05, 0.1) is 0 Å². The van der Waals surface area contributed by atoms with E-state index in [-0.39, 0.29) is 0 Å². The number of hydrogen-bond donors (Lipinski definition) is 0. The lowest BCUT2D eigenvalue weighted by Gasteiger charge is -2.30. The Morgan fingerprint density at radius 2 is 2.06 bits per heavy atom. The molecular formula is C15H23N. The minimum absolute atomic E-state index is 0.779. The van der Waals surface area contributed by atoms with Crippen LogP contribution in [-0.2, 0) is 6.42 Å². The van der Waals surface area contributed by atoms with Gasteiger partial charge in [-0.05, 0) is 61.3 Å². The number of rotatable bonds is 2. The zero-order valence-electron chi connectivity index (χ0n) is 11.0. The largest absolute Gasteiger partial charge is 0.377 e. The minimum atomic E-state index is 0.779. The van der Waals surface area contributed by atoms with Gasteiger partial charge in [0.25, 0.3) is 0 Å². The first-order valence-corrected chi connectivity index (χ1v) is 6.44. The van der Waals surface area contributed by atoms with Gasteiger partial charge in [0.15, 0.2) is 0 Å². The Hall–Kier alpha value is -0.980. The van der Waals surface area contributed by atoms with Crippen molar-refractivity contribution in [3.63, 3.8) is 0 Å². The molecule has 0 saturated carbocycles. The summed E-state index contributed by atoms with van der Waals surface area (Å²) in [6, 6.07) is 4.73. The van der Waals surface area contributed by atoms with Gasteiger partial charge in [0.2, 0.25) is 0 Å². The van der Waals surface area contributed by atoms with E-state index < -0.39 is 0 Å². The molecule has 1 aliphatic carbocycles. The van der Waals surface area contributed by atoms with E-state index in [0.717, 1.165) is 5.92 Å². The Morgan fingerprint density at radius 3 is 2.69 bits per heavy atom. The second-order valence-corrected chi connectivity index (χ2v) is 5.25. The molecule has 1 aromatic carbocycles. The summed E-state index contributed by atoms with van der Waals surface area (Å²) in [5.41, 5.74) is 6.08. The predicted octanol–water partition coefficient (Wildman–Crippen LogP) is 3.89. The highest BCUT2D eigenvalue weighted by Gasteiger charge is 2.22. The number of anilines is 1. The second-order valence-electron chi connectivity index (χ2n) is 5.25. The molecule has 88 valence electrons. The van der Waals surface area contributed by atoms with E-state index in [4.69, 9.17) is 0 Å². The molecule has 1 heteroatoms. The topological polar surface area (TPSA) is 3.24 Å². The van der Waals surface area contributed by atoms with Gasteiger partial charge in [-0.2, -0.15) is 0 Å². The Balaban J connectivity index is 2.56. The summed E-state index contributed by atoms with van der Waals surface area (Å²) in [6.07, 6.45) is 5.28. The molecule has 0 heterocycles.